The molecule has 0 radical (unpaired) electrons. The van der Waals surface area contributed by atoms with E-state index in [1.807, 2.05) is 12.1 Å². The summed E-state index contributed by atoms with van der Waals surface area (Å²) in [6.07, 6.45) is 3.65. The van der Waals surface area contributed by atoms with E-state index >= 15 is 0 Å². The third-order valence-corrected chi connectivity index (χ3v) is 4.51. The topological polar surface area (TPSA) is 23.5 Å². The number of rotatable bonds is 3. The average Bonchev–Trinajstić information content (AvgIpc) is 2.37. The van der Waals surface area contributed by atoms with Gasteiger partial charge in [0, 0.05) is 17.6 Å². The number of likely N-dealkylation sites (tertiary alicyclic amines) is 1. The number of phenols is 1. The van der Waals surface area contributed by atoms with Crippen molar-refractivity contribution in [3.8, 4) is 5.75 Å². The molecule has 3 atom stereocenters. The molecule has 3 unspecified atom stereocenters. The van der Waals surface area contributed by atoms with Crippen LogP contribution in [0.2, 0.25) is 0 Å². The van der Waals surface area contributed by atoms with Crippen molar-refractivity contribution in [3.63, 3.8) is 0 Å². The van der Waals surface area contributed by atoms with Gasteiger partial charge in [0.25, 0.3) is 0 Å². The first-order valence-corrected chi connectivity index (χ1v) is 7.18. The summed E-state index contributed by atoms with van der Waals surface area (Å²) in [4.78, 5) is 2.57. The summed E-state index contributed by atoms with van der Waals surface area (Å²) in [5.41, 5.74) is 1.08. The van der Waals surface area contributed by atoms with Gasteiger partial charge >= 0.3 is 0 Å². The van der Waals surface area contributed by atoms with E-state index in [9.17, 15) is 5.11 Å². The molecule has 0 bridgehead atoms. The SMILES string of the molecule is CCC(c1ccccc1O)N1CCCC(C)C1C. The molecule has 1 saturated heterocycles. The lowest BCUT2D eigenvalue weighted by Gasteiger charge is -2.43. The molecule has 18 heavy (non-hydrogen) atoms. The first-order valence-electron chi connectivity index (χ1n) is 7.18. The molecule has 1 N–H and O–H groups in total. The minimum absolute atomic E-state index is 0.351. The van der Waals surface area contributed by atoms with Crippen molar-refractivity contribution < 1.29 is 5.11 Å². The maximum atomic E-state index is 10.1. The normalized spacial score (nSPS) is 27.1. The fraction of sp³-hybridized carbons (Fsp3) is 0.625. The number of piperidine rings is 1. The number of hydrogen-bond acceptors (Lipinski definition) is 2. The van der Waals surface area contributed by atoms with E-state index in [2.05, 4.69) is 31.7 Å². The van der Waals surface area contributed by atoms with E-state index in [1.54, 1.807) is 6.07 Å². The van der Waals surface area contributed by atoms with Crippen LogP contribution in [0.5, 0.6) is 5.75 Å². The predicted molar refractivity (Wildman–Crippen MR) is 75.7 cm³/mol. The molecule has 0 aliphatic carbocycles. The average molecular weight is 247 g/mol. The standard InChI is InChI=1S/C16H25NO/c1-4-15(14-9-5-6-10-16(14)18)17-11-7-8-12(2)13(17)3/h5-6,9-10,12-13,15,18H,4,7-8,11H2,1-3H3. The molecule has 0 saturated carbocycles. The Balaban J connectivity index is 2.25. The Kier molecular flexibility index (Phi) is 4.28. The van der Waals surface area contributed by atoms with Gasteiger partial charge in [-0.15, -0.1) is 0 Å². The maximum Gasteiger partial charge on any atom is 0.120 e. The monoisotopic (exact) mass is 247 g/mol. The number of phenolic OH excluding ortho intramolecular Hbond substituents is 1. The van der Waals surface area contributed by atoms with Gasteiger partial charge < -0.3 is 5.11 Å². The lowest BCUT2D eigenvalue weighted by Crippen LogP contribution is -2.44. The van der Waals surface area contributed by atoms with E-state index in [0.717, 1.165) is 24.4 Å². The summed E-state index contributed by atoms with van der Waals surface area (Å²) in [5, 5.41) is 10.1. The minimum Gasteiger partial charge on any atom is -0.508 e. The van der Waals surface area contributed by atoms with Crippen molar-refractivity contribution in [2.75, 3.05) is 6.54 Å². The van der Waals surface area contributed by atoms with Crippen molar-refractivity contribution >= 4 is 0 Å². The second-order valence-electron chi connectivity index (χ2n) is 5.58. The van der Waals surface area contributed by atoms with E-state index in [0.29, 0.717) is 17.8 Å². The number of para-hydroxylation sites is 1. The number of aromatic hydroxyl groups is 1. The molecule has 100 valence electrons. The van der Waals surface area contributed by atoms with E-state index in [4.69, 9.17) is 0 Å². The van der Waals surface area contributed by atoms with Gasteiger partial charge in [0.2, 0.25) is 0 Å². The van der Waals surface area contributed by atoms with Crippen LogP contribution in [0.4, 0.5) is 0 Å². The zero-order valence-corrected chi connectivity index (χ0v) is 11.8. The highest BCUT2D eigenvalue weighted by Crippen LogP contribution is 2.36. The third kappa shape index (κ3) is 2.54. The van der Waals surface area contributed by atoms with Crippen molar-refractivity contribution in [2.24, 2.45) is 5.92 Å². The predicted octanol–water partition coefficient (Wildman–Crippen LogP) is 3.96. The molecule has 1 aromatic carbocycles. The molecule has 1 aliphatic heterocycles. The molecule has 2 heteroatoms. The Labute approximate surface area is 111 Å². The summed E-state index contributed by atoms with van der Waals surface area (Å²) in [6.45, 7) is 8.03. The van der Waals surface area contributed by atoms with Gasteiger partial charge in [-0.05, 0) is 44.7 Å². The number of benzene rings is 1. The molecule has 1 heterocycles. The largest absolute Gasteiger partial charge is 0.508 e. The first-order chi connectivity index (χ1) is 8.65. The highest BCUT2D eigenvalue weighted by atomic mass is 16.3. The highest BCUT2D eigenvalue weighted by Gasteiger charge is 2.31. The fourth-order valence-electron chi connectivity index (χ4n) is 3.21. The molecule has 0 spiro atoms. The lowest BCUT2D eigenvalue weighted by atomic mass is 9.88. The molecule has 0 amide bonds. The van der Waals surface area contributed by atoms with Crippen molar-refractivity contribution in [3.05, 3.63) is 29.8 Å². The molecule has 1 fully saturated rings. The second kappa shape index (κ2) is 5.75. The second-order valence-corrected chi connectivity index (χ2v) is 5.58. The zero-order valence-electron chi connectivity index (χ0n) is 11.8. The summed E-state index contributed by atoms with van der Waals surface area (Å²) >= 11 is 0. The zero-order chi connectivity index (χ0) is 13.1. The van der Waals surface area contributed by atoms with E-state index < -0.39 is 0 Å². The molecule has 2 nitrogen and oxygen atoms in total. The van der Waals surface area contributed by atoms with Gasteiger partial charge in [-0.2, -0.15) is 0 Å². The van der Waals surface area contributed by atoms with E-state index in [-0.39, 0.29) is 0 Å². The van der Waals surface area contributed by atoms with Crippen molar-refractivity contribution in [2.45, 2.75) is 52.1 Å². The van der Waals surface area contributed by atoms with Gasteiger partial charge in [0.05, 0.1) is 0 Å². The fourth-order valence-corrected chi connectivity index (χ4v) is 3.21. The number of nitrogens with zero attached hydrogens (tertiary/aromatic N) is 1. The van der Waals surface area contributed by atoms with Crippen LogP contribution in [0.25, 0.3) is 0 Å². The Morgan fingerprint density at radius 1 is 1.33 bits per heavy atom. The summed E-state index contributed by atoms with van der Waals surface area (Å²) in [5.74, 6) is 1.19. The van der Waals surface area contributed by atoms with Crippen LogP contribution in [-0.2, 0) is 0 Å². The van der Waals surface area contributed by atoms with Gasteiger partial charge in [0.15, 0.2) is 0 Å². The summed E-state index contributed by atoms with van der Waals surface area (Å²) in [7, 11) is 0. The van der Waals surface area contributed by atoms with Crippen LogP contribution in [-0.4, -0.2) is 22.6 Å². The molecular formula is C16H25NO. The third-order valence-electron chi connectivity index (χ3n) is 4.51. The molecule has 0 aromatic heterocycles. The number of hydrogen-bond donors (Lipinski definition) is 1. The lowest BCUT2D eigenvalue weighted by molar-refractivity contribution is 0.0645. The van der Waals surface area contributed by atoms with Crippen LogP contribution in [0, 0.1) is 5.92 Å². The molecule has 1 aromatic rings. The van der Waals surface area contributed by atoms with Crippen LogP contribution in [0.3, 0.4) is 0 Å². The smallest absolute Gasteiger partial charge is 0.120 e. The molecule has 1 aliphatic rings. The van der Waals surface area contributed by atoms with Gasteiger partial charge in [-0.1, -0.05) is 32.0 Å². The van der Waals surface area contributed by atoms with Gasteiger partial charge in [-0.3, -0.25) is 4.90 Å². The highest BCUT2D eigenvalue weighted by molar-refractivity contribution is 5.34. The first kappa shape index (κ1) is 13.4. The van der Waals surface area contributed by atoms with E-state index in [1.165, 1.54) is 12.8 Å². The Hall–Kier alpha value is -1.02. The van der Waals surface area contributed by atoms with Gasteiger partial charge in [-0.25, -0.2) is 0 Å². The summed E-state index contributed by atoms with van der Waals surface area (Å²) in [6, 6.07) is 8.74. The van der Waals surface area contributed by atoms with Crippen LogP contribution in [0.1, 0.15) is 51.6 Å². The van der Waals surface area contributed by atoms with Crippen LogP contribution < -0.4 is 0 Å². The quantitative estimate of drug-likeness (QED) is 0.873. The van der Waals surface area contributed by atoms with Crippen LogP contribution in [0.15, 0.2) is 24.3 Å². The molecular weight excluding hydrogens is 222 g/mol. The Morgan fingerprint density at radius 2 is 2.06 bits per heavy atom. The van der Waals surface area contributed by atoms with Crippen molar-refractivity contribution in [1.82, 2.24) is 4.90 Å². The molecule has 2 rings (SSSR count). The Morgan fingerprint density at radius 3 is 2.72 bits per heavy atom. The Bertz CT molecular complexity index is 390. The van der Waals surface area contributed by atoms with Gasteiger partial charge in [0.1, 0.15) is 5.75 Å². The van der Waals surface area contributed by atoms with Crippen LogP contribution >= 0.6 is 0 Å². The van der Waals surface area contributed by atoms with Crippen molar-refractivity contribution in [1.29, 1.82) is 0 Å². The minimum atomic E-state index is 0.351. The summed E-state index contributed by atoms with van der Waals surface area (Å²) < 4.78 is 0. The maximum absolute atomic E-state index is 10.1.